The van der Waals surface area contributed by atoms with Gasteiger partial charge >= 0.3 is 0 Å². The molecular weight excluding hydrogens is 292 g/mol. The van der Waals surface area contributed by atoms with Crippen molar-refractivity contribution >= 4 is 0 Å². The molecule has 0 saturated carbocycles. The Morgan fingerprint density at radius 3 is 1.75 bits per heavy atom. The summed E-state index contributed by atoms with van der Waals surface area (Å²) >= 11 is 0. The highest BCUT2D eigenvalue weighted by Gasteiger charge is 2.06. The summed E-state index contributed by atoms with van der Waals surface area (Å²) in [5, 5.41) is 0. The molecule has 1 heteroatoms. The lowest BCUT2D eigenvalue weighted by Gasteiger charge is -2.15. The highest BCUT2D eigenvalue weighted by Crippen LogP contribution is 2.22. The van der Waals surface area contributed by atoms with E-state index in [4.69, 9.17) is 4.74 Å². The minimum atomic E-state index is 0.335. The third-order valence-electron chi connectivity index (χ3n) is 5.00. The summed E-state index contributed by atoms with van der Waals surface area (Å²) < 4.78 is 5.58. The molecular formula is C23H46O. The number of ether oxygens (including phenoxy) is 1. The highest BCUT2D eigenvalue weighted by atomic mass is 16.5. The van der Waals surface area contributed by atoms with Crippen LogP contribution in [0.5, 0.6) is 0 Å². The van der Waals surface area contributed by atoms with Crippen LogP contribution in [0.15, 0.2) is 11.6 Å². The van der Waals surface area contributed by atoms with Gasteiger partial charge in [-0.1, -0.05) is 84.3 Å². The zero-order valence-corrected chi connectivity index (χ0v) is 17.9. The summed E-state index contributed by atoms with van der Waals surface area (Å²) in [7, 11) is 0. The molecule has 0 aliphatic rings. The zero-order chi connectivity index (χ0) is 18.4. The van der Waals surface area contributed by atoms with Crippen LogP contribution >= 0.6 is 0 Å². The fourth-order valence-electron chi connectivity index (χ4n) is 3.19. The van der Waals surface area contributed by atoms with Crippen molar-refractivity contribution in [2.75, 3.05) is 6.61 Å². The van der Waals surface area contributed by atoms with Gasteiger partial charge in [0.1, 0.15) is 0 Å². The Hall–Kier alpha value is -0.300. The second kappa shape index (κ2) is 15.0. The number of allylic oxidation sites excluding steroid dienone is 1. The normalized spacial score (nSPS) is 15.3. The SMILES string of the molecule is CC(=CCOC(C)C)CCCC(C)CCCC(C)CCCC(C)C. The van der Waals surface area contributed by atoms with Crippen molar-refractivity contribution < 1.29 is 4.74 Å². The molecule has 144 valence electrons. The van der Waals surface area contributed by atoms with E-state index in [1.54, 1.807) is 0 Å². The fourth-order valence-corrected chi connectivity index (χ4v) is 3.19. The molecule has 0 aromatic rings. The molecule has 2 unspecified atom stereocenters. The molecule has 0 aliphatic carbocycles. The van der Waals surface area contributed by atoms with E-state index in [9.17, 15) is 0 Å². The molecule has 0 fully saturated rings. The van der Waals surface area contributed by atoms with Crippen LogP contribution in [0.1, 0.15) is 106 Å². The molecule has 0 amide bonds. The molecule has 0 saturated heterocycles. The molecule has 0 N–H and O–H groups in total. The Morgan fingerprint density at radius 1 is 0.750 bits per heavy atom. The van der Waals surface area contributed by atoms with Crippen molar-refractivity contribution in [1.29, 1.82) is 0 Å². The Bertz CT molecular complexity index is 303. The quantitative estimate of drug-likeness (QED) is 0.277. The van der Waals surface area contributed by atoms with Crippen LogP contribution < -0.4 is 0 Å². The van der Waals surface area contributed by atoms with Crippen molar-refractivity contribution in [3.8, 4) is 0 Å². The Balaban J connectivity index is 3.60. The summed E-state index contributed by atoms with van der Waals surface area (Å²) in [4.78, 5) is 0. The number of rotatable bonds is 15. The Kier molecular flexibility index (Phi) is 14.8. The molecule has 0 radical (unpaired) electrons. The van der Waals surface area contributed by atoms with Gasteiger partial charge in [0.25, 0.3) is 0 Å². The predicted molar refractivity (Wildman–Crippen MR) is 110 cm³/mol. The van der Waals surface area contributed by atoms with E-state index >= 15 is 0 Å². The predicted octanol–water partition coefficient (Wildman–Crippen LogP) is 7.80. The first kappa shape index (κ1) is 23.7. The van der Waals surface area contributed by atoms with Gasteiger partial charge in [-0.2, -0.15) is 0 Å². The van der Waals surface area contributed by atoms with Gasteiger partial charge in [-0.15, -0.1) is 0 Å². The van der Waals surface area contributed by atoms with Crippen LogP contribution in [0.2, 0.25) is 0 Å². The largest absolute Gasteiger partial charge is 0.375 e. The first-order valence-corrected chi connectivity index (χ1v) is 10.6. The molecule has 0 aromatic carbocycles. The number of hydrogen-bond acceptors (Lipinski definition) is 1. The van der Waals surface area contributed by atoms with E-state index in [0.29, 0.717) is 6.10 Å². The molecule has 24 heavy (non-hydrogen) atoms. The van der Waals surface area contributed by atoms with Crippen molar-refractivity contribution in [2.24, 2.45) is 17.8 Å². The second-order valence-electron chi connectivity index (χ2n) is 8.79. The van der Waals surface area contributed by atoms with Gasteiger partial charge < -0.3 is 4.74 Å². The van der Waals surface area contributed by atoms with E-state index in [1.165, 1.54) is 63.4 Å². The summed E-state index contributed by atoms with van der Waals surface area (Å²) in [6.07, 6.45) is 15.0. The van der Waals surface area contributed by atoms with Crippen molar-refractivity contribution in [3.63, 3.8) is 0 Å². The fraction of sp³-hybridized carbons (Fsp3) is 0.913. The Labute approximate surface area is 153 Å². The molecule has 0 aliphatic heterocycles. The maximum absolute atomic E-state index is 5.58. The van der Waals surface area contributed by atoms with Gasteiger partial charge in [0.2, 0.25) is 0 Å². The average molecular weight is 339 g/mol. The Morgan fingerprint density at radius 2 is 1.25 bits per heavy atom. The first-order chi connectivity index (χ1) is 11.3. The van der Waals surface area contributed by atoms with Crippen molar-refractivity contribution in [3.05, 3.63) is 11.6 Å². The molecule has 0 heterocycles. The van der Waals surface area contributed by atoms with Crippen molar-refractivity contribution in [1.82, 2.24) is 0 Å². The summed E-state index contributed by atoms with van der Waals surface area (Å²) in [5.41, 5.74) is 1.49. The first-order valence-electron chi connectivity index (χ1n) is 10.6. The topological polar surface area (TPSA) is 9.23 Å². The third kappa shape index (κ3) is 16.6. The second-order valence-corrected chi connectivity index (χ2v) is 8.79. The number of hydrogen-bond donors (Lipinski definition) is 0. The summed E-state index contributed by atoms with van der Waals surface area (Å²) in [6.45, 7) is 16.7. The molecule has 1 nitrogen and oxygen atoms in total. The maximum atomic E-state index is 5.58. The molecule has 0 aromatic heterocycles. The van der Waals surface area contributed by atoms with E-state index in [2.05, 4.69) is 54.5 Å². The smallest absolute Gasteiger partial charge is 0.0653 e. The monoisotopic (exact) mass is 338 g/mol. The van der Waals surface area contributed by atoms with Crippen LogP contribution in [0.4, 0.5) is 0 Å². The van der Waals surface area contributed by atoms with Crippen LogP contribution in [0.25, 0.3) is 0 Å². The van der Waals surface area contributed by atoms with Gasteiger partial charge in [0, 0.05) is 0 Å². The molecule has 0 bridgehead atoms. The van der Waals surface area contributed by atoms with Gasteiger partial charge in [0.05, 0.1) is 12.7 Å². The van der Waals surface area contributed by atoms with Crippen LogP contribution in [0.3, 0.4) is 0 Å². The van der Waals surface area contributed by atoms with Gasteiger partial charge in [-0.3, -0.25) is 0 Å². The van der Waals surface area contributed by atoms with E-state index < -0.39 is 0 Å². The zero-order valence-electron chi connectivity index (χ0n) is 17.9. The summed E-state index contributed by atoms with van der Waals surface area (Å²) in [6, 6.07) is 0. The lowest BCUT2D eigenvalue weighted by atomic mass is 9.91. The van der Waals surface area contributed by atoms with Crippen molar-refractivity contribution in [2.45, 2.75) is 112 Å². The van der Waals surface area contributed by atoms with Crippen LogP contribution in [-0.2, 0) is 4.74 Å². The minimum Gasteiger partial charge on any atom is -0.375 e. The lowest BCUT2D eigenvalue weighted by molar-refractivity contribution is 0.102. The van der Waals surface area contributed by atoms with Crippen LogP contribution in [-0.4, -0.2) is 12.7 Å². The van der Waals surface area contributed by atoms with E-state index in [-0.39, 0.29) is 0 Å². The van der Waals surface area contributed by atoms with E-state index in [0.717, 1.165) is 24.4 Å². The molecule has 2 atom stereocenters. The lowest BCUT2D eigenvalue weighted by Crippen LogP contribution is -2.02. The van der Waals surface area contributed by atoms with Gasteiger partial charge in [-0.05, 0) is 51.4 Å². The minimum absolute atomic E-state index is 0.335. The maximum Gasteiger partial charge on any atom is 0.0653 e. The van der Waals surface area contributed by atoms with Gasteiger partial charge in [-0.25, -0.2) is 0 Å². The van der Waals surface area contributed by atoms with Crippen LogP contribution in [0, 0.1) is 17.8 Å². The highest BCUT2D eigenvalue weighted by molar-refractivity contribution is 4.97. The standard InChI is InChI=1S/C23H46O/c1-19(2)11-8-12-21(5)13-9-14-22(6)15-10-16-23(7)17-18-24-20(3)4/h17,19-22H,8-16,18H2,1-7H3. The summed E-state index contributed by atoms with van der Waals surface area (Å²) in [5.74, 6) is 2.67. The van der Waals surface area contributed by atoms with Gasteiger partial charge in [0.15, 0.2) is 0 Å². The molecule has 0 spiro atoms. The van der Waals surface area contributed by atoms with E-state index in [1.807, 2.05) is 0 Å². The molecule has 0 rings (SSSR count). The third-order valence-corrected chi connectivity index (χ3v) is 5.00. The average Bonchev–Trinajstić information content (AvgIpc) is 2.46.